The molecule has 0 saturated carbocycles. The van der Waals surface area contributed by atoms with Crippen molar-refractivity contribution in [2.75, 3.05) is 49.9 Å². The quantitative estimate of drug-likeness (QED) is 0.785. The number of aryl methyl sites for hydroxylation is 2. The lowest BCUT2D eigenvalue weighted by Crippen LogP contribution is -2.50. The molecular formula is C22H27FN4O2. The Kier molecular flexibility index (Phi) is 6.95. The van der Waals surface area contributed by atoms with E-state index in [1.54, 1.807) is 18.2 Å². The highest BCUT2D eigenvalue weighted by molar-refractivity contribution is 5.94. The second kappa shape index (κ2) is 9.62. The lowest BCUT2D eigenvalue weighted by atomic mass is 10.1. The van der Waals surface area contributed by atoms with Crippen molar-refractivity contribution in [2.45, 2.75) is 13.8 Å². The van der Waals surface area contributed by atoms with Crippen molar-refractivity contribution in [2.24, 2.45) is 0 Å². The molecule has 0 aliphatic carbocycles. The first-order valence-electron chi connectivity index (χ1n) is 9.77. The zero-order valence-electron chi connectivity index (χ0n) is 16.9. The Hall–Kier alpha value is -2.77. The van der Waals surface area contributed by atoms with Crippen LogP contribution >= 0.6 is 0 Å². The molecule has 1 aliphatic rings. The van der Waals surface area contributed by atoms with Crippen LogP contribution in [-0.2, 0) is 9.59 Å². The van der Waals surface area contributed by atoms with Crippen molar-refractivity contribution in [3.8, 4) is 0 Å². The molecule has 1 aliphatic heterocycles. The molecule has 2 aromatic carbocycles. The van der Waals surface area contributed by atoms with Gasteiger partial charge in [0, 0.05) is 31.9 Å². The van der Waals surface area contributed by atoms with Gasteiger partial charge in [-0.25, -0.2) is 4.39 Å². The van der Waals surface area contributed by atoms with Gasteiger partial charge in [0.2, 0.25) is 11.8 Å². The van der Waals surface area contributed by atoms with E-state index in [9.17, 15) is 14.0 Å². The molecule has 1 heterocycles. The fraction of sp³-hybridized carbons (Fsp3) is 0.364. The Balaban J connectivity index is 1.42. The molecule has 2 N–H and O–H groups in total. The summed E-state index contributed by atoms with van der Waals surface area (Å²) in [6.45, 7) is 7.25. The number of para-hydroxylation sites is 2. The summed E-state index contributed by atoms with van der Waals surface area (Å²) in [6.07, 6.45) is 0. The summed E-state index contributed by atoms with van der Waals surface area (Å²) in [6, 6.07) is 12.1. The van der Waals surface area contributed by atoms with Crippen LogP contribution in [0.3, 0.4) is 0 Å². The van der Waals surface area contributed by atoms with E-state index in [1.165, 1.54) is 6.07 Å². The Morgan fingerprint density at radius 3 is 1.90 bits per heavy atom. The monoisotopic (exact) mass is 398 g/mol. The zero-order valence-corrected chi connectivity index (χ0v) is 16.9. The number of amides is 2. The van der Waals surface area contributed by atoms with E-state index < -0.39 is 5.82 Å². The second-order valence-electron chi connectivity index (χ2n) is 7.40. The summed E-state index contributed by atoms with van der Waals surface area (Å²) >= 11 is 0. The maximum absolute atomic E-state index is 13.6. The van der Waals surface area contributed by atoms with Crippen molar-refractivity contribution in [1.29, 1.82) is 0 Å². The minimum absolute atomic E-state index is 0.0341. The average Bonchev–Trinajstić information content (AvgIpc) is 2.68. The van der Waals surface area contributed by atoms with Gasteiger partial charge in [-0.2, -0.15) is 0 Å². The molecule has 7 heteroatoms. The van der Waals surface area contributed by atoms with Gasteiger partial charge in [0.15, 0.2) is 0 Å². The number of anilines is 2. The molecule has 1 fully saturated rings. The van der Waals surface area contributed by atoms with Gasteiger partial charge in [0.25, 0.3) is 0 Å². The van der Waals surface area contributed by atoms with E-state index in [0.29, 0.717) is 32.7 Å². The summed E-state index contributed by atoms with van der Waals surface area (Å²) in [5.41, 5.74) is 3.16. The van der Waals surface area contributed by atoms with Crippen LogP contribution in [0, 0.1) is 19.7 Å². The van der Waals surface area contributed by atoms with Crippen LogP contribution in [0.5, 0.6) is 0 Å². The molecular weight excluding hydrogens is 371 g/mol. The van der Waals surface area contributed by atoms with Crippen LogP contribution in [0.4, 0.5) is 15.8 Å². The normalized spacial score (nSPS) is 15.1. The molecule has 0 radical (unpaired) electrons. The third-order valence-electron chi connectivity index (χ3n) is 5.09. The van der Waals surface area contributed by atoms with Gasteiger partial charge in [-0.1, -0.05) is 30.3 Å². The number of carbonyl (C=O) groups excluding carboxylic acids is 2. The molecule has 1 saturated heterocycles. The lowest BCUT2D eigenvalue weighted by Gasteiger charge is -2.33. The van der Waals surface area contributed by atoms with Crippen LogP contribution in [-0.4, -0.2) is 60.9 Å². The van der Waals surface area contributed by atoms with Gasteiger partial charge in [0.05, 0.1) is 18.8 Å². The maximum Gasteiger partial charge on any atom is 0.238 e. The standard InChI is InChI=1S/C22H27FN4O2/c1-16-6-5-7-17(2)22(16)25-21(29)15-27-12-10-26(11-13-27)14-20(28)24-19-9-4-3-8-18(19)23/h3-9H,10-15H2,1-2H3,(H,24,28)(H,25,29). The first-order valence-corrected chi connectivity index (χ1v) is 9.77. The molecule has 2 amide bonds. The molecule has 0 aromatic heterocycles. The third kappa shape index (κ3) is 5.85. The number of nitrogens with one attached hydrogen (secondary N) is 2. The maximum atomic E-state index is 13.6. The predicted octanol–water partition coefficient (Wildman–Crippen LogP) is 2.64. The molecule has 29 heavy (non-hydrogen) atoms. The van der Waals surface area contributed by atoms with E-state index >= 15 is 0 Å². The van der Waals surface area contributed by atoms with Crippen molar-refractivity contribution < 1.29 is 14.0 Å². The second-order valence-corrected chi connectivity index (χ2v) is 7.40. The van der Waals surface area contributed by atoms with Gasteiger partial charge >= 0.3 is 0 Å². The van der Waals surface area contributed by atoms with E-state index in [-0.39, 0.29) is 24.0 Å². The van der Waals surface area contributed by atoms with E-state index in [1.807, 2.05) is 36.9 Å². The van der Waals surface area contributed by atoms with Crippen molar-refractivity contribution >= 4 is 23.2 Å². The highest BCUT2D eigenvalue weighted by Crippen LogP contribution is 2.19. The molecule has 0 bridgehead atoms. The number of hydrogen-bond acceptors (Lipinski definition) is 4. The summed E-state index contributed by atoms with van der Waals surface area (Å²) < 4.78 is 13.6. The van der Waals surface area contributed by atoms with Crippen LogP contribution in [0.15, 0.2) is 42.5 Å². The molecule has 0 atom stereocenters. The lowest BCUT2D eigenvalue weighted by molar-refractivity contribution is -0.120. The van der Waals surface area contributed by atoms with Gasteiger partial charge in [0.1, 0.15) is 5.82 Å². The smallest absolute Gasteiger partial charge is 0.238 e. The summed E-state index contributed by atoms with van der Waals surface area (Å²) in [4.78, 5) is 28.7. The van der Waals surface area contributed by atoms with Gasteiger partial charge in [-0.15, -0.1) is 0 Å². The van der Waals surface area contributed by atoms with Crippen molar-refractivity contribution in [1.82, 2.24) is 9.80 Å². The van der Waals surface area contributed by atoms with Crippen LogP contribution in [0.1, 0.15) is 11.1 Å². The van der Waals surface area contributed by atoms with Crippen molar-refractivity contribution in [3.63, 3.8) is 0 Å². The van der Waals surface area contributed by atoms with E-state index in [0.717, 1.165) is 16.8 Å². The minimum atomic E-state index is -0.444. The molecule has 3 rings (SSSR count). The Morgan fingerprint density at radius 1 is 0.828 bits per heavy atom. The molecule has 154 valence electrons. The Morgan fingerprint density at radius 2 is 1.34 bits per heavy atom. The highest BCUT2D eigenvalue weighted by Gasteiger charge is 2.21. The number of rotatable bonds is 6. The topological polar surface area (TPSA) is 64.7 Å². The Bertz CT molecular complexity index is 859. The fourth-order valence-corrected chi connectivity index (χ4v) is 3.45. The van der Waals surface area contributed by atoms with Crippen LogP contribution in [0.25, 0.3) is 0 Å². The summed E-state index contributed by atoms with van der Waals surface area (Å²) in [5.74, 6) is -0.718. The molecule has 0 unspecified atom stereocenters. The molecule has 0 spiro atoms. The van der Waals surface area contributed by atoms with Crippen LogP contribution < -0.4 is 10.6 Å². The Labute approximate surface area is 170 Å². The predicted molar refractivity (Wildman–Crippen MR) is 112 cm³/mol. The minimum Gasteiger partial charge on any atom is -0.324 e. The summed E-state index contributed by atoms with van der Waals surface area (Å²) in [5, 5.41) is 5.61. The SMILES string of the molecule is Cc1cccc(C)c1NC(=O)CN1CCN(CC(=O)Nc2ccccc2F)CC1. The van der Waals surface area contributed by atoms with E-state index in [4.69, 9.17) is 0 Å². The number of benzene rings is 2. The van der Waals surface area contributed by atoms with Crippen LogP contribution in [0.2, 0.25) is 0 Å². The van der Waals surface area contributed by atoms with Gasteiger partial charge in [-0.05, 0) is 37.1 Å². The van der Waals surface area contributed by atoms with Gasteiger partial charge in [-0.3, -0.25) is 19.4 Å². The molecule has 2 aromatic rings. The first-order chi connectivity index (χ1) is 13.9. The zero-order chi connectivity index (χ0) is 20.8. The fourth-order valence-electron chi connectivity index (χ4n) is 3.45. The number of nitrogens with zero attached hydrogens (tertiary/aromatic N) is 2. The average molecular weight is 398 g/mol. The number of carbonyl (C=O) groups is 2. The largest absolute Gasteiger partial charge is 0.324 e. The number of halogens is 1. The number of hydrogen-bond donors (Lipinski definition) is 2. The molecule has 6 nitrogen and oxygen atoms in total. The van der Waals surface area contributed by atoms with E-state index in [2.05, 4.69) is 15.5 Å². The van der Waals surface area contributed by atoms with Gasteiger partial charge < -0.3 is 10.6 Å². The third-order valence-corrected chi connectivity index (χ3v) is 5.09. The number of piperazine rings is 1. The first kappa shape index (κ1) is 21.0. The highest BCUT2D eigenvalue weighted by atomic mass is 19.1. The van der Waals surface area contributed by atoms with Crippen molar-refractivity contribution in [3.05, 3.63) is 59.4 Å². The summed E-state index contributed by atoms with van der Waals surface area (Å²) in [7, 11) is 0.